The van der Waals surface area contributed by atoms with Crippen LogP contribution in [0.3, 0.4) is 0 Å². The number of hydrogen-bond donors (Lipinski definition) is 1. The van der Waals surface area contributed by atoms with Gasteiger partial charge in [-0.2, -0.15) is 5.26 Å². The molecule has 1 aliphatic carbocycles. The summed E-state index contributed by atoms with van der Waals surface area (Å²) in [5.74, 6) is 0.185. The molecule has 1 aromatic rings. The second kappa shape index (κ2) is 5.72. The van der Waals surface area contributed by atoms with E-state index in [-0.39, 0.29) is 5.92 Å². The van der Waals surface area contributed by atoms with Gasteiger partial charge < -0.3 is 5.32 Å². The SMILES string of the molecule is CCCc1ccccc1NC1CCCC1C#N. The van der Waals surface area contributed by atoms with Crippen LogP contribution in [0.2, 0.25) is 0 Å². The molecule has 0 bridgehead atoms. The van der Waals surface area contributed by atoms with Gasteiger partial charge in [0, 0.05) is 11.7 Å². The van der Waals surface area contributed by atoms with Crippen LogP contribution < -0.4 is 5.32 Å². The van der Waals surface area contributed by atoms with E-state index in [9.17, 15) is 0 Å². The van der Waals surface area contributed by atoms with Crippen LogP contribution in [0.15, 0.2) is 24.3 Å². The highest BCUT2D eigenvalue weighted by Gasteiger charge is 2.27. The van der Waals surface area contributed by atoms with Gasteiger partial charge in [0.25, 0.3) is 0 Å². The van der Waals surface area contributed by atoms with Crippen molar-refractivity contribution in [2.75, 3.05) is 5.32 Å². The minimum atomic E-state index is 0.185. The summed E-state index contributed by atoms with van der Waals surface area (Å²) in [6.45, 7) is 2.20. The van der Waals surface area contributed by atoms with E-state index in [1.54, 1.807) is 0 Å². The van der Waals surface area contributed by atoms with E-state index in [1.807, 2.05) is 0 Å². The van der Waals surface area contributed by atoms with Crippen LogP contribution in [0.1, 0.15) is 38.2 Å². The second-order valence-electron chi connectivity index (χ2n) is 4.82. The van der Waals surface area contributed by atoms with Crippen molar-refractivity contribution in [1.82, 2.24) is 0 Å². The summed E-state index contributed by atoms with van der Waals surface area (Å²) in [4.78, 5) is 0. The van der Waals surface area contributed by atoms with Crippen molar-refractivity contribution in [2.24, 2.45) is 5.92 Å². The quantitative estimate of drug-likeness (QED) is 0.852. The molecule has 0 amide bonds. The van der Waals surface area contributed by atoms with E-state index in [4.69, 9.17) is 5.26 Å². The van der Waals surface area contributed by atoms with Gasteiger partial charge in [0.1, 0.15) is 0 Å². The molecule has 1 aliphatic rings. The highest BCUT2D eigenvalue weighted by molar-refractivity contribution is 5.52. The van der Waals surface area contributed by atoms with Crippen LogP contribution in [-0.4, -0.2) is 6.04 Å². The Kier molecular flexibility index (Phi) is 4.03. The predicted molar refractivity (Wildman–Crippen MR) is 70.8 cm³/mol. The molecule has 90 valence electrons. The third-order valence-corrected chi connectivity index (χ3v) is 3.56. The smallest absolute Gasteiger partial charge is 0.0677 e. The van der Waals surface area contributed by atoms with E-state index >= 15 is 0 Å². The molecule has 2 atom stereocenters. The predicted octanol–water partition coefficient (Wildman–Crippen LogP) is 3.74. The molecule has 0 saturated heterocycles. The topological polar surface area (TPSA) is 35.8 Å². The van der Waals surface area contributed by atoms with Gasteiger partial charge in [-0.15, -0.1) is 0 Å². The first-order chi connectivity index (χ1) is 8.35. The Morgan fingerprint density at radius 3 is 2.94 bits per heavy atom. The number of rotatable bonds is 4. The molecule has 1 N–H and O–H groups in total. The number of para-hydroxylation sites is 1. The van der Waals surface area contributed by atoms with Gasteiger partial charge in [-0.25, -0.2) is 0 Å². The van der Waals surface area contributed by atoms with Crippen LogP contribution in [-0.2, 0) is 6.42 Å². The van der Waals surface area contributed by atoms with Crippen LogP contribution in [0.25, 0.3) is 0 Å². The van der Waals surface area contributed by atoms with Gasteiger partial charge in [0.15, 0.2) is 0 Å². The van der Waals surface area contributed by atoms with Gasteiger partial charge in [-0.3, -0.25) is 0 Å². The largest absolute Gasteiger partial charge is 0.381 e. The standard InChI is InChI=1S/C15H20N2/c1-2-6-12-7-3-4-9-14(12)17-15-10-5-8-13(15)11-16/h3-4,7,9,13,15,17H,2,5-6,8,10H2,1H3. The van der Waals surface area contributed by atoms with Gasteiger partial charge in [-0.05, 0) is 37.3 Å². The van der Waals surface area contributed by atoms with Crippen molar-refractivity contribution in [1.29, 1.82) is 5.26 Å². The molecule has 1 aromatic carbocycles. The molecular weight excluding hydrogens is 208 g/mol. The highest BCUT2D eigenvalue weighted by Crippen LogP contribution is 2.29. The monoisotopic (exact) mass is 228 g/mol. The molecule has 0 spiro atoms. The Morgan fingerprint density at radius 2 is 2.18 bits per heavy atom. The molecule has 2 nitrogen and oxygen atoms in total. The van der Waals surface area contributed by atoms with E-state index in [2.05, 4.69) is 42.6 Å². The first-order valence-corrected chi connectivity index (χ1v) is 6.59. The number of hydrogen-bond acceptors (Lipinski definition) is 2. The van der Waals surface area contributed by atoms with Gasteiger partial charge in [0.2, 0.25) is 0 Å². The second-order valence-corrected chi connectivity index (χ2v) is 4.82. The molecule has 0 aromatic heterocycles. The molecular formula is C15H20N2. The summed E-state index contributed by atoms with van der Waals surface area (Å²) in [7, 11) is 0. The summed E-state index contributed by atoms with van der Waals surface area (Å²) in [6, 6.07) is 11.2. The average molecular weight is 228 g/mol. The zero-order valence-corrected chi connectivity index (χ0v) is 10.4. The van der Waals surface area contributed by atoms with Crippen molar-refractivity contribution in [2.45, 2.75) is 45.1 Å². The molecule has 0 aliphatic heterocycles. The maximum atomic E-state index is 9.10. The third kappa shape index (κ3) is 2.79. The first-order valence-electron chi connectivity index (χ1n) is 6.59. The Bertz CT molecular complexity index is 406. The van der Waals surface area contributed by atoms with Crippen molar-refractivity contribution >= 4 is 5.69 Å². The lowest BCUT2D eigenvalue weighted by Gasteiger charge is -2.19. The van der Waals surface area contributed by atoms with E-state index in [1.165, 1.54) is 17.7 Å². The lowest BCUT2D eigenvalue weighted by atomic mass is 10.0. The normalized spacial score (nSPS) is 23.3. The maximum Gasteiger partial charge on any atom is 0.0677 e. The lowest BCUT2D eigenvalue weighted by Crippen LogP contribution is -2.23. The third-order valence-electron chi connectivity index (χ3n) is 3.56. The molecule has 2 heteroatoms. The highest BCUT2D eigenvalue weighted by atomic mass is 14.9. The fraction of sp³-hybridized carbons (Fsp3) is 0.533. The zero-order valence-electron chi connectivity index (χ0n) is 10.4. The zero-order chi connectivity index (χ0) is 12.1. The minimum Gasteiger partial charge on any atom is -0.381 e. The summed E-state index contributed by atoms with van der Waals surface area (Å²) in [6.07, 6.45) is 5.60. The molecule has 0 radical (unpaired) electrons. The van der Waals surface area contributed by atoms with E-state index in [0.29, 0.717) is 6.04 Å². The fourth-order valence-corrected chi connectivity index (χ4v) is 2.64. The Balaban J connectivity index is 2.10. The van der Waals surface area contributed by atoms with Gasteiger partial charge >= 0.3 is 0 Å². The number of benzene rings is 1. The molecule has 2 unspecified atom stereocenters. The molecule has 17 heavy (non-hydrogen) atoms. The van der Waals surface area contributed by atoms with E-state index < -0.39 is 0 Å². The van der Waals surface area contributed by atoms with Crippen molar-refractivity contribution in [3.05, 3.63) is 29.8 Å². The number of nitrogens with one attached hydrogen (secondary N) is 1. The lowest BCUT2D eigenvalue weighted by molar-refractivity contribution is 0.629. The Labute approximate surface area is 104 Å². The Hall–Kier alpha value is -1.49. The number of aryl methyl sites for hydroxylation is 1. The van der Waals surface area contributed by atoms with Crippen LogP contribution >= 0.6 is 0 Å². The molecule has 0 heterocycles. The van der Waals surface area contributed by atoms with E-state index in [0.717, 1.165) is 25.7 Å². The summed E-state index contributed by atoms with van der Waals surface area (Å²) < 4.78 is 0. The van der Waals surface area contributed by atoms with Crippen LogP contribution in [0.5, 0.6) is 0 Å². The summed E-state index contributed by atoms with van der Waals surface area (Å²) in [5.41, 5.74) is 2.60. The average Bonchev–Trinajstić information content (AvgIpc) is 2.79. The van der Waals surface area contributed by atoms with Gasteiger partial charge in [0.05, 0.1) is 12.0 Å². The van der Waals surface area contributed by atoms with Crippen molar-refractivity contribution < 1.29 is 0 Å². The maximum absolute atomic E-state index is 9.10. The Morgan fingerprint density at radius 1 is 1.35 bits per heavy atom. The van der Waals surface area contributed by atoms with Crippen molar-refractivity contribution in [3.8, 4) is 6.07 Å². The summed E-state index contributed by atoms with van der Waals surface area (Å²) in [5, 5.41) is 12.7. The van der Waals surface area contributed by atoms with Crippen molar-refractivity contribution in [3.63, 3.8) is 0 Å². The molecule has 1 saturated carbocycles. The number of nitriles is 1. The molecule has 1 fully saturated rings. The van der Waals surface area contributed by atoms with Crippen LogP contribution in [0, 0.1) is 17.2 Å². The fourth-order valence-electron chi connectivity index (χ4n) is 2.64. The minimum absolute atomic E-state index is 0.185. The first kappa shape index (κ1) is 12.0. The summed E-state index contributed by atoms with van der Waals surface area (Å²) >= 11 is 0. The number of nitrogens with zero attached hydrogens (tertiary/aromatic N) is 1. The number of anilines is 1. The molecule has 2 rings (SSSR count). The van der Waals surface area contributed by atoms with Crippen LogP contribution in [0.4, 0.5) is 5.69 Å². The van der Waals surface area contributed by atoms with Gasteiger partial charge in [-0.1, -0.05) is 31.5 Å².